The zero-order valence-corrected chi connectivity index (χ0v) is 17.4. The van der Waals surface area contributed by atoms with E-state index in [1.165, 1.54) is 16.7 Å². The first kappa shape index (κ1) is 20.9. The maximum absolute atomic E-state index is 5.76. The van der Waals surface area contributed by atoms with Crippen LogP contribution >= 0.6 is 0 Å². The smallest absolute Gasteiger partial charge is 0.119 e. The average Bonchev–Trinajstić information content (AvgIpc) is 3.17. The van der Waals surface area contributed by atoms with Crippen LogP contribution in [-0.2, 0) is 6.54 Å². The van der Waals surface area contributed by atoms with Crippen LogP contribution in [0.3, 0.4) is 0 Å². The van der Waals surface area contributed by atoms with Crippen molar-refractivity contribution in [2.75, 3.05) is 6.61 Å². The molecule has 146 valence electrons. The second-order valence-corrected chi connectivity index (χ2v) is 6.95. The summed E-state index contributed by atoms with van der Waals surface area (Å²) in [5, 5.41) is 8.60. The molecule has 0 N–H and O–H groups in total. The van der Waals surface area contributed by atoms with E-state index in [2.05, 4.69) is 55.4 Å². The Hall–Kier alpha value is -2.36. The van der Waals surface area contributed by atoms with E-state index in [-0.39, 0.29) is 0 Å². The molecule has 0 bridgehead atoms. The number of aryl methyl sites for hydroxylation is 2. The molecule has 3 rings (SSSR count). The summed E-state index contributed by atoms with van der Waals surface area (Å²) < 4.78 is 7.67. The number of benzene rings is 1. The Labute approximate surface area is 163 Å². The van der Waals surface area contributed by atoms with Crippen LogP contribution in [0.2, 0.25) is 0 Å². The van der Waals surface area contributed by atoms with Gasteiger partial charge < -0.3 is 4.74 Å². The van der Waals surface area contributed by atoms with Crippen molar-refractivity contribution in [2.24, 2.45) is 5.92 Å². The quantitative estimate of drug-likeness (QED) is 0.577. The van der Waals surface area contributed by atoms with Gasteiger partial charge in [-0.05, 0) is 43.4 Å². The summed E-state index contributed by atoms with van der Waals surface area (Å²) in [6.45, 7) is 12.1. The summed E-state index contributed by atoms with van der Waals surface area (Å²) in [4.78, 5) is 0. The molecule has 2 aromatic rings. The van der Waals surface area contributed by atoms with Crippen molar-refractivity contribution in [3.8, 4) is 5.75 Å². The standard InChI is InChI=1S/C21H27N3O.C2H6/c1-16(2)18-6-4-7-19(14-18)21-15-24(23-22-21)12-5-13-25-20-10-8-17(3)9-11-20;1-2/h7-11,14-16H,4-6,12-13H2,1-3H3;1-2H3. The maximum Gasteiger partial charge on any atom is 0.119 e. The fraction of sp³-hybridized carbons (Fsp3) is 0.478. The molecule has 1 aliphatic rings. The van der Waals surface area contributed by atoms with Gasteiger partial charge in [0.25, 0.3) is 0 Å². The molecule has 0 saturated heterocycles. The van der Waals surface area contributed by atoms with Crippen molar-refractivity contribution in [3.05, 3.63) is 59.4 Å². The SMILES string of the molecule is CC.Cc1ccc(OCCCn2cc(C3=CCCC(C(C)C)=C3)nn2)cc1. The lowest BCUT2D eigenvalue weighted by Gasteiger charge is -2.15. The van der Waals surface area contributed by atoms with Gasteiger partial charge in [-0.15, -0.1) is 5.10 Å². The number of ether oxygens (including phenoxy) is 1. The van der Waals surface area contributed by atoms with Gasteiger partial charge in [-0.1, -0.05) is 68.3 Å². The third kappa shape index (κ3) is 6.38. The first-order valence-electron chi connectivity index (χ1n) is 10.1. The molecule has 0 atom stereocenters. The van der Waals surface area contributed by atoms with E-state index >= 15 is 0 Å². The van der Waals surface area contributed by atoms with E-state index in [4.69, 9.17) is 4.74 Å². The fourth-order valence-corrected chi connectivity index (χ4v) is 2.95. The molecule has 27 heavy (non-hydrogen) atoms. The van der Waals surface area contributed by atoms with Crippen molar-refractivity contribution in [1.82, 2.24) is 15.0 Å². The predicted molar refractivity (Wildman–Crippen MR) is 113 cm³/mol. The normalized spacial score (nSPS) is 13.6. The molecule has 1 heterocycles. The van der Waals surface area contributed by atoms with Gasteiger partial charge in [0.2, 0.25) is 0 Å². The van der Waals surface area contributed by atoms with Gasteiger partial charge in [0.1, 0.15) is 11.4 Å². The molecular weight excluding hydrogens is 334 g/mol. The average molecular weight is 368 g/mol. The van der Waals surface area contributed by atoms with Gasteiger partial charge in [0.15, 0.2) is 0 Å². The number of hydrogen-bond acceptors (Lipinski definition) is 3. The topological polar surface area (TPSA) is 39.9 Å². The van der Waals surface area contributed by atoms with Crippen LogP contribution in [0.5, 0.6) is 5.75 Å². The highest BCUT2D eigenvalue weighted by Crippen LogP contribution is 2.27. The molecule has 1 aromatic heterocycles. The van der Waals surface area contributed by atoms with E-state index in [0.717, 1.165) is 37.3 Å². The lowest BCUT2D eigenvalue weighted by atomic mass is 9.91. The van der Waals surface area contributed by atoms with Crippen LogP contribution < -0.4 is 4.74 Å². The van der Waals surface area contributed by atoms with Crippen molar-refractivity contribution in [2.45, 2.75) is 60.4 Å². The number of hydrogen-bond donors (Lipinski definition) is 0. The summed E-state index contributed by atoms with van der Waals surface area (Å²) >= 11 is 0. The highest BCUT2D eigenvalue weighted by Gasteiger charge is 2.12. The Bertz CT molecular complexity index is 754. The number of nitrogens with zero attached hydrogens (tertiary/aromatic N) is 3. The summed E-state index contributed by atoms with van der Waals surface area (Å²) in [5.74, 6) is 1.52. The van der Waals surface area contributed by atoms with Gasteiger partial charge in [-0.3, -0.25) is 4.68 Å². The minimum Gasteiger partial charge on any atom is -0.494 e. The van der Waals surface area contributed by atoms with E-state index in [0.29, 0.717) is 12.5 Å². The monoisotopic (exact) mass is 367 g/mol. The summed E-state index contributed by atoms with van der Waals surface area (Å²) in [6.07, 6.45) is 9.74. The van der Waals surface area contributed by atoms with Crippen LogP contribution in [0.4, 0.5) is 0 Å². The van der Waals surface area contributed by atoms with E-state index < -0.39 is 0 Å². The Morgan fingerprint density at radius 2 is 1.89 bits per heavy atom. The van der Waals surface area contributed by atoms with Crippen LogP contribution in [0, 0.1) is 12.8 Å². The van der Waals surface area contributed by atoms with Crippen molar-refractivity contribution in [1.29, 1.82) is 0 Å². The summed E-state index contributed by atoms with van der Waals surface area (Å²) in [7, 11) is 0. The Kier molecular flexibility index (Phi) is 8.31. The van der Waals surface area contributed by atoms with Gasteiger partial charge >= 0.3 is 0 Å². The van der Waals surface area contributed by atoms with Crippen molar-refractivity contribution in [3.63, 3.8) is 0 Å². The minimum atomic E-state index is 0.595. The molecule has 1 aromatic carbocycles. The molecule has 4 heteroatoms. The fourth-order valence-electron chi connectivity index (χ4n) is 2.95. The Morgan fingerprint density at radius 3 is 2.59 bits per heavy atom. The molecule has 0 radical (unpaired) electrons. The first-order chi connectivity index (χ1) is 13.1. The highest BCUT2D eigenvalue weighted by atomic mass is 16.5. The molecule has 0 amide bonds. The number of allylic oxidation sites excluding steroid dienone is 4. The number of aromatic nitrogens is 3. The maximum atomic E-state index is 5.76. The molecule has 0 aliphatic heterocycles. The zero-order valence-electron chi connectivity index (χ0n) is 17.4. The summed E-state index contributed by atoms with van der Waals surface area (Å²) in [5.41, 5.74) is 4.92. The molecular formula is C23H33N3O. The largest absolute Gasteiger partial charge is 0.494 e. The second-order valence-electron chi connectivity index (χ2n) is 6.95. The van der Waals surface area contributed by atoms with Crippen LogP contribution in [0.25, 0.3) is 5.57 Å². The zero-order chi connectivity index (χ0) is 19.6. The Morgan fingerprint density at radius 1 is 1.15 bits per heavy atom. The van der Waals surface area contributed by atoms with E-state index in [1.807, 2.05) is 36.9 Å². The van der Waals surface area contributed by atoms with E-state index in [1.54, 1.807) is 0 Å². The molecule has 0 fully saturated rings. The van der Waals surface area contributed by atoms with Crippen LogP contribution in [-0.4, -0.2) is 21.6 Å². The third-order valence-corrected chi connectivity index (χ3v) is 4.54. The van der Waals surface area contributed by atoms with Gasteiger partial charge in [-0.25, -0.2) is 0 Å². The summed E-state index contributed by atoms with van der Waals surface area (Å²) in [6, 6.07) is 8.15. The minimum absolute atomic E-state index is 0.595. The van der Waals surface area contributed by atoms with Crippen molar-refractivity contribution >= 4 is 5.57 Å². The lowest BCUT2D eigenvalue weighted by molar-refractivity contribution is 0.298. The molecule has 0 spiro atoms. The first-order valence-corrected chi connectivity index (χ1v) is 10.1. The Balaban J connectivity index is 0.00000126. The van der Waals surface area contributed by atoms with Crippen LogP contribution in [0.15, 0.2) is 48.2 Å². The van der Waals surface area contributed by atoms with Gasteiger partial charge in [0.05, 0.1) is 12.8 Å². The third-order valence-electron chi connectivity index (χ3n) is 4.54. The highest BCUT2D eigenvalue weighted by molar-refractivity contribution is 5.73. The number of rotatable bonds is 7. The molecule has 0 saturated carbocycles. The van der Waals surface area contributed by atoms with E-state index in [9.17, 15) is 0 Å². The lowest BCUT2D eigenvalue weighted by Crippen LogP contribution is -2.05. The molecule has 0 unspecified atom stereocenters. The molecule has 4 nitrogen and oxygen atoms in total. The van der Waals surface area contributed by atoms with Crippen LogP contribution in [0.1, 0.15) is 58.2 Å². The second kappa shape index (κ2) is 10.7. The molecule has 1 aliphatic carbocycles. The van der Waals surface area contributed by atoms with Gasteiger partial charge in [0, 0.05) is 13.0 Å². The predicted octanol–water partition coefficient (Wildman–Crippen LogP) is 5.84. The van der Waals surface area contributed by atoms with Gasteiger partial charge in [-0.2, -0.15) is 0 Å². The van der Waals surface area contributed by atoms with Crippen molar-refractivity contribution < 1.29 is 4.74 Å².